The summed E-state index contributed by atoms with van der Waals surface area (Å²) < 4.78 is 0. The molecule has 1 nitrogen and oxygen atoms in total. The summed E-state index contributed by atoms with van der Waals surface area (Å²) in [4.78, 5) is 0.752. The molecule has 0 unspecified atom stereocenters. The Morgan fingerprint density at radius 2 is 2.33 bits per heavy atom. The van der Waals surface area contributed by atoms with Crippen molar-refractivity contribution < 1.29 is 0 Å². The van der Waals surface area contributed by atoms with Crippen molar-refractivity contribution in [2.75, 3.05) is 6.26 Å². The third-order valence-corrected chi connectivity index (χ3v) is 2.50. The van der Waals surface area contributed by atoms with E-state index in [4.69, 9.17) is 5.26 Å². The number of hydrogen-bond acceptors (Lipinski definition) is 3. The van der Waals surface area contributed by atoms with E-state index in [1.807, 2.05) is 24.5 Å². The highest BCUT2D eigenvalue weighted by Gasteiger charge is 1.98. The van der Waals surface area contributed by atoms with Crippen molar-refractivity contribution in [3.05, 3.63) is 29.3 Å². The zero-order valence-electron chi connectivity index (χ0n) is 6.74. The molecule has 0 fully saturated rings. The predicted molar refractivity (Wildman–Crippen MR) is 55.6 cm³/mol. The lowest BCUT2D eigenvalue weighted by Gasteiger charge is -2.00. The fraction of sp³-hybridized carbons (Fsp3) is 0.222. The molecule has 0 radical (unpaired) electrons. The largest absolute Gasteiger partial charge is 0.192 e. The molecule has 1 rings (SSSR count). The first-order valence-corrected chi connectivity index (χ1v) is 5.33. The molecule has 0 heterocycles. The van der Waals surface area contributed by atoms with Gasteiger partial charge in [-0.2, -0.15) is 17.0 Å². The van der Waals surface area contributed by atoms with Gasteiger partial charge in [-0.15, -0.1) is 12.6 Å². The van der Waals surface area contributed by atoms with Crippen molar-refractivity contribution in [3.63, 3.8) is 0 Å². The molecule has 62 valence electrons. The molecule has 0 aliphatic heterocycles. The smallest absolute Gasteiger partial charge is 0.100 e. The van der Waals surface area contributed by atoms with Crippen molar-refractivity contribution in [1.29, 1.82) is 5.26 Å². The lowest BCUT2D eigenvalue weighted by Crippen LogP contribution is -1.83. The molecule has 1 aromatic rings. The third-order valence-electron chi connectivity index (χ3n) is 1.49. The monoisotopic (exact) mass is 195 g/mol. The number of nitrogens with zero attached hydrogens (tertiary/aromatic N) is 1. The Balaban J connectivity index is 2.99. The minimum Gasteiger partial charge on any atom is -0.192 e. The molecule has 0 bridgehead atoms. The van der Waals surface area contributed by atoms with E-state index in [9.17, 15) is 0 Å². The Morgan fingerprint density at radius 3 is 2.92 bits per heavy atom. The van der Waals surface area contributed by atoms with Gasteiger partial charge in [-0.25, -0.2) is 0 Å². The van der Waals surface area contributed by atoms with Gasteiger partial charge in [-0.3, -0.25) is 0 Å². The van der Waals surface area contributed by atoms with Gasteiger partial charge in [0.1, 0.15) is 6.07 Å². The molecule has 0 spiro atoms. The normalized spacial score (nSPS) is 9.42. The molecule has 0 atom stereocenters. The summed E-state index contributed by atoms with van der Waals surface area (Å²) in [5.74, 6) is 0.947. The fourth-order valence-electron chi connectivity index (χ4n) is 0.929. The van der Waals surface area contributed by atoms with Gasteiger partial charge < -0.3 is 0 Å². The Labute approximate surface area is 82.2 Å². The van der Waals surface area contributed by atoms with Crippen LogP contribution in [-0.2, 0) is 5.75 Å². The average molecular weight is 195 g/mol. The van der Waals surface area contributed by atoms with Crippen LogP contribution in [0.1, 0.15) is 11.1 Å². The second-order valence-electron chi connectivity index (χ2n) is 2.40. The van der Waals surface area contributed by atoms with Gasteiger partial charge in [0.25, 0.3) is 0 Å². The minimum absolute atomic E-state index is 0.657. The van der Waals surface area contributed by atoms with Crippen LogP contribution >= 0.6 is 24.4 Å². The van der Waals surface area contributed by atoms with E-state index < -0.39 is 0 Å². The number of rotatable bonds is 2. The first-order valence-electron chi connectivity index (χ1n) is 3.49. The van der Waals surface area contributed by atoms with Gasteiger partial charge in [0, 0.05) is 10.6 Å². The summed E-state index contributed by atoms with van der Waals surface area (Å²) in [6.07, 6.45) is 2.04. The topological polar surface area (TPSA) is 23.8 Å². The van der Waals surface area contributed by atoms with Crippen LogP contribution in [0.5, 0.6) is 0 Å². The summed E-state index contributed by atoms with van der Waals surface area (Å²) in [7, 11) is 0. The van der Waals surface area contributed by atoms with Crippen molar-refractivity contribution >= 4 is 24.4 Å². The van der Waals surface area contributed by atoms with Crippen LogP contribution in [0.3, 0.4) is 0 Å². The van der Waals surface area contributed by atoms with E-state index in [1.165, 1.54) is 5.56 Å². The third kappa shape index (κ3) is 2.20. The van der Waals surface area contributed by atoms with Crippen LogP contribution < -0.4 is 0 Å². The predicted octanol–water partition coefficient (Wildman–Crippen LogP) is 2.71. The zero-order valence-corrected chi connectivity index (χ0v) is 8.45. The molecule has 0 N–H and O–H groups in total. The van der Waals surface area contributed by atoms with Gasteiger partial charge in [-0.05, 0) is 24.0 Å². The number of nitriles is 1. The highest BCUT2D eigenvalue weighted by Crippen LogP contribution is 2.17. The van der Waals surface area contributed by atoms with Gasteiger partial charge in [0.05, 0.1) is 5.56 Å². The molecule has 0 aliphatic rings. The van der Waals surface area contributed by atoms with Crippen molar-refractivity contribution in [2.24, 2.45) is 0 Å². The molecular weight excluding hydrogens is 186 g/mol. The van der Waals surface area contributed by atoms with Gasteiger partial charge in [0.15, 0.2) is 0 Å². The van der Waals surface area contributed by atoms with E-state index in [0.717, 1.165) is 10.6 Å². The van der Waals surface area contributed by atoms with E-state index in [-0.39, 0.29) is 0 Å². The maximum Gasteiger partial charge on any atom is 0.100 e. The Bertz CT molecular complexity index is 315. The summed E-state index contributed by atoms with van der Waals surface area (Å²) in [6, 6.07) is 7.86. The van der Waals surface area contributed by atoms with E-state index in [0.29, 0.717) is 5.56 Å². The van der Waals surface area contributed by atoms with Crippen LogP contribution in [0, 0.1) is 11.3 Å². The van der Waals surface area contributed by atoms with Crippen LogP contribution in [-0.4, -0.2) is 6.26 Å². The van der Waals surface area contributed by atoms with Gasteiger partial charge >= 0.3 is 0 Å². The molecule has 0 aromatic heterocycles. The molecule has 3 heteroatoms. The average Bonchev–Trinajstić information content (AvgIpc) is 2.09. The zero-order chi connectivity index (χ0) is 8.97. The van der Waals surface area contributed by atoms with Crippen molar-refractivity contribution in [2.45, 2.75) is 10.6 Å². The SMILES string of the molecule is CSCc1ccc(S)c(C#N)c1. The molecule has 12 heavy (non-hydrogen) atoms. The summed E-state index contributed by atoms with van der Waals surface area (Å²) >= 11 is 5.91. The van der Waals surface area contributed by atoms with Crippen LogP contribution in [0.4, 0.5) is 0 Å². The maximum absolute atomic E-state index is 8.71. The Hall–Kier alpha value is -0.590. The van der Waals surface area contributed by atoms with Gasteiger partial charge in [-0.1, -0.05) is 6.07 Å². The Morgan fingerprint density at radius 1 is 1.58 bits per heavy atom. The summed E-state index contributed by atoms with van der Waals surface area (Å²) in [5.41, 5.74) is 1.83. The molecule has 0 saturated carbocycles. The molecule has 0 amide bonds. The van der Waals surface area contributed by atoms with Crippen LogP contribution in [0.2, 0.25) is 0 Å². The van der Waals surface area contributed by atoms with E-state index >= 15 is 0 Å². The van der Waals surface area contributed by atoms with Crippen LogP contribution in [0.15, 0.2) is 23.1 Å². The summed E-state index contributed by atoms with van der Waals surface area (Å²) in [5, 5.41) is 8.71. The lowest BCUT2D eigenvalue weighted by molar-refractivity contribution is 1.31. The number of thioether (sulfide) groups is 1. The minimum atomic E-state index is 0.657. The molecular formula is C9H9NS2. The standard InChI is InChI=1S/C9H9NS2/c1-12-6-7-2-3-9(11)8(4-7)5-10/h2-4,11H,6H2,1H3. The fourth-order valence-corrected chi connectivity index (χ4v) is 1.63. The quantitative estimate of drug-likeness (QED) is 0.734. The van der Waals surface area contributed by atoms with Gasteiger partial charge in [0.2, 0.25) is 0 Å². The van der Waals surface area contributed by atoms with E-state index in [1.54, 1.807) is 11.8 Å². The number of hydrogen-bond donors (Lipinski definition) is 1. The van der Waals surface area contributed by atoms with Crippen LogP contribution in [0.25, 0.3) is 0 Å². The van der Waals surface area contributed by atoms with Crippen molar-refractivity contribution in [1.82, 2.24) is 0 Å². The second kappa shape index (κ2) is 4.44. The lowest BCUT2D eigenvalue weighted by atomic mass is 10.1. The molecule has 0 saturated heterocycles. The first-order chi connectivity index (χ1) is 5.77. The highest BCUT2D eigenvalue weighted by atomic mass is 32.2. The Kier molecular flexibility index (Phi) is 3.51. The second-order valence-corrected chi connectivity index (χ2v) is 3.74. The number of thiol groups is 1. The van der Waals surface area contributed by atoms with Crippen molar-refractivity contribution in [3.8, 4) is 6.07 Å². The highest BCUT2D eigenvalue weighted by molar-refractivity contribution is 7.97. The summed E-state index contributed by atoms with van der Waals surface area (Å²) in [6.45, 7) is 0. The van der Waals surface area contributed by atoms with E-state index in [2.05, 4.69) is 18.7 Å². The first kappa shape index (κ1) is 9.50. The molecule has 0 aliphatic carbocycles. The number of benzene rings is 1. The molecule has 1 aromatic carbocycles. The maximum atomic E-state index is 8.71.